The molecule has 82 valence electrons. The summed E-state index contributed by atoms with van der Waals surface area (Å²) in [6, 6.07) is 6.53. The number of hydrogen-bond donors (Lipinski definition) is 2. The minimum absolute atomic E-state index is 0.105. The highest BCUT2D eigenvalue weighted by molar-refractivity contribution is 5.81. The second-order valence-corrected chi connectivity index (χ2v) is 3.36. The molecular weight excluding hydrogens is 197 g/mol. The van der Waals surface area contributed by atoms with Crippen molar-refractivity contribution < 1.29 is 9.60 Å². The molecule has 0 heterocycles. The van der Waals surface area contributed by atoms with Crippen molar-refractivity contribution in [2.24, 2.45) is 10.9 Å². The summed E-state index contributed by atoms with van der Waals surface area (Å²) in [7, 11) is 1.77. The van der Waals surface area contributed by atoms with Gasteiger partial charge in [-0.2, -0.15) is 0 Å². The molecule has 0 aromatic heterocycles. The van der Waals surface area contributed by atoms with Crippen molar-refractivity contribution in [3.63, 3.8) is 0 Å². The number of amidine groups is 1. The van der Waals surface area contributed by atoms with Gasteiger partial charge in [0, 0.05) is 12.1 Å². The summed E-state index contributed by atoms with van der Waals surface area (Å²) >= 11 is 0. The molecule has 0 saturated carbocycles. The molecule has 0 aliphatic rings. The standard InChI is InChI=1S/C10H14FN3O/c1-14(7-10(12)13-15)6-8-4-2-3-5-9(8)11/h2-5,15H,6-7H2,1H3,(H2,12,13). The average molecular weight is 211 g/mol. The lowest BCUT2D eigenvalue weighted by molar-refractivity contribution is 0.307. The van der Waals surface area contributed by atoms with Crippen molar-refractivity contribution in [3.05, 3.63) is 35.6 Å². The molecule has 0 aliphatic carbocycles. The number of benzene rings is 1. The summed E-state index contributed by atoms with van der Waals surface area (Å²) in [6.07, 6.45) is 0. The first-order valence-electron chi connectivity index (χ1n) is 4.52. The Hall–Kier alpha value is -1.62. The van der Waals surface area contributed by atoms with Gasteiger partial charge in [0.25, 0.3) is 0 Å². The van der Waals surface area contributed by atoms with E-state index in [9.17, 15) is 4.39 Å². The van der Waals surface area contributed by atoms with Crippen molar-refractivity contribution in [2.45, 2.75) is 6.54 Å². The van der Waals surface area contributed by atoms with Gasteiger partial charge < -0.3 is 10.9 Å². The van der Waals surface area contributed by atoms with Gasteiger partial charge in [0.15, 0.2) is 5.84 Å². The van der Waals surface area contributed by atoms with Gasteiger partial charge in [-0.05, 0) is 13.1 Å². The molecule has 3 N–H and O–H groups in total. The Balaban J connectivity index is 2.59. The van der Waals surface area contributed by atoms with Gasteiger partial charge in [-0.3, -0.25) is 4.90 Å². The molecule has 0 spiro atoms. The van der Waals surface area contributed by atoms with Gasteiger partial charge in [-0.25, -0.2) is 4.39 Å². The van der Waals surface area contributed by atoms with Crippen LogP contribution < -0.4 is 5.73 Å². The number of nitrogens with two attached hydrogens (primary N) is 1. The zero-order valence-electron chi connectivity index (χ0n) is 8.52. The van der Waals surface area contributed by atoms with E-state index in [-0.39, 0.29) is 11.7 Å². The van der Waals surface area contributed by atoms with Gasteiger partial charge >= 0.3 is 0 Å². The van der Waals surface area contributed by atoms with E-state index in [1.807, 2.05) is 0 Å². The predicted octanol–water partition coefficient (Wildman–Crippen LogP) is 1.00. The summed E-state index contributed by atoms with van der Waals surface area (Å²) in [5, 5.41) is 11.2. The van der Waals surface area contributed by atoms with E-state index in [2.05, 4.69) is 5.16 Å². The topological polar surface area (TPSA) is 61.8 Å². The van der Waals surface area contributed by atoms with Gasteiger partial charge in [0.1, 0.15) is 5.82 Å². The Bertz CT molecular complexity index is 354. The number of hydrogen-bond acceptors (Lipinski definition) is 3. The van der Waals surface area contributed by atoms with Crippen molar-refractivity contribution in [2.75, 3.05) is 13.6 Å². The van der Waals surface area contributed by atoms with E-state index in [4.69, 9.17) is 10.9 Å². The zero-order chi connectivity index (χ0) is 11.3. The highest BCUT2D eigenvalue weighted by atomic mass is 19.1. The highest BCUT2D eigenvalue weighted by Gasteiger charge is 2.06. The van der Waals surface area contributed by atoms with Crippen molar-refractivity contribution in [1.82, 2.24) is 4.90 Å². The van der Waals surface area contributed by atoms with Gasteiger partial charge in [-0.1, -0.05) is 23.4 Å². The monoisotopic (exact) mass is 211 g/mol. The summed E-state index contributed by atoms with van der Waals surface area (Å²) in [5.41, 5.74) is 5.92. The molecular formula is C10H14FN3O. The van der Waals surface area contributed by atoms with Gasteiger partial charge in [0.05, 0.1) is 6.54 Å². The van der Waals surface area contributed by atoms with Crippen molar-refractivity contribution >= 4 is 5.84 Å². The van der Waals surface area contributed by atoms with Gasteiger partial charge in [-0.15, -0.1) is 0 Å². The smallest absolute Gasteiger partial charge is 0.153 e. The number of likely N-dealkylation sites (N-methyl/N-ethyl adjacent to an activating group) is 1. The van der Waals surface area contributed by atoms with Crippen LogP contribution in [0.15, 0.2) is 29.4 Å². The first-order valence-corrected chi connectivity index (χ1v) is 4.52. The summed E-state index contributed by atoms with van der Waals surface area (Å²) in [6.45, 7) is 0.716. The average Bonchev–Trinajstić information content (AvgIpc) is 2.21. The fraction of sp³-hybridized carbons (Fsp3) is 0.300. The molecule has 0 saturated heterocycles. The van der Waals surface area contributed by atoms with E-state index in [1.165, 1.54) is 6.07 Å². The third-order valence-electron chi connectivity index (χ3n) is 1.96. The predicted molar refractivity (Wildman–Crippen MR) is 56.1 cm³/mol. The highest BCUT2D eigenvalue weighted by Crippen LogP contribution is 2.08. The molecule has 0 bridgehead atoms. The molecule has 0 aliphatic heterocycles. The van der Waals surface area contributed by atoms with E-state index in [0.717, 1.165) is 0 Å². The van der Waals surface area contributed by atoms with Crippen molar-refractivity contribution in [3.8, 4) is 0 Å². The molecule has 1 aromatic rings. The van der Waals surface area contributed by atoms with E-state index < -0.39 is 0 Å². The second kappa shape index (κ2) is 5.31. The fourth-order valence-corrected chi connectivity index (χ4v) is 1.28. The quantitative estimate of drug-likeness (QED) is 0.338. The van der Waals surface area contributed by atoms with Crippen LogP contribution in [0.25, 0.3) is 0 Å². The summed E-state index contributed by atoms with van der Waals surface area (Å²) in [5.74, 6) is -0.141. The number of rotatable bonds is 4. The molecule has 0 atom stereocenters. The normalized spacial score (nSPS) is 12.1. The maximum absolute atomic E-state index is 13.2. The molecule has 1 rings (SSSR count). The van der Waals surface area contributed by atoms with Crippen LogP contribution in [0.2, 0.25) is 0 Å². The Morgan fingerprint density at radius 3 is 2.80 bits per heavy atom. The third kappa shape index (κ3) is 3.55. The van der Waals surface area contributed by atoms with Crippen LogP contribution >= 0.6 is 0 Å². The number of oxime groups is 1. The zero-order valence-corrected chi connectivity index (χ0v) is 8.52. The molecule has 5 heteroatoms. The SMILES string of the molecule is CN(CC(N)=NO)Cc1ccccc1F. The minimum Gasteiger partial charge on any atom is -0.409 e. The molecule has 0 fully saturated rings. The first-order chi connectivity index (χ1) is 7.13. The van der Waals surface area contributed by atoms with Crippen molar-refractivity contribution in [1.29, 1.82) is 0 Å². The minimum atomic E-state index is -0.246. The lowest BCUT2D eigenvalue weighted by atomic mass is 10.2. The van der Waals surface area contributed by atoms with Crippen LogP contribution in [-0.4, -0.2) is 29.5 Å². The number of halogens is 1. The first kappa shape index (κ1) is 11.5. The Kier molecular flexibility index (Phi) is 4.05. The van der Waals surface area contributed by atoms with Crippen LogP contribution in [0, 0.1) is 5.82 Å². The summed E-state index contributed by atoms with van der Waals surface area (Å²) < 4.78 is 13.2. The molecule has 0 amide bonds. The molecule has 15 heavy (non-hydrogen) atoms. The third-order valence-corrected chi connectivity index (χ3v) is 1.96. The van der Waals surface area contributed by atoms with E-state index >= 15 is 0 Å². The van der Waals surface area contributed by atoms with Crippen LogP contribution in [0.3, 0.4) is 0 Å². The van der Waals surface area contributed by atoms with Gasteiger partial charge in [0.2, 0.25) is 0 Å². The molecule has 0 radical (unpaired) electrons. The Morgan fingerprint density at radius 2 is 2.20 bits per heavy atom. The Morgan fingerprint density at radius 1 is 1.53 bits per heavy atom. The lowest BCUT2D eigenvalue weighted by Gasteiger charge is -2.15. The fourth-order valence-electron chi connectivity index (χ4n) is 1.28. The molecule has 4 nitrogen and oxygen atoms in total. The van der Waals surface area contributed by atoms with Crippen LogP contribution in [0.1, 0.15) is 5.56 Å². The maximum Gasteiger partial charge on any atom is 0.153 e. The van der Waals surface area contributed by atoms with E-state index in [0.29, 0.717) is 18.7 Å². The summed E-state index contributed by atoms with van der Waals surface area (Å²) in [4.78, 5) is 1.76. The Labute approximate surface area is 87.8 Å². The molecule has 0 unspecified atom stereocenters. The largest absolute Gasteiger partial charge is 0.409 e. The second-order valence-electron chi connectivity index (χ2n) is 3.36. The maximum atomic E-state index is 13.2. The molecule has 1 aromatic carbocycles. The van der Waals surface area contributed by atoms with E-state index in [1.54, 1.807) is 30.1 Å². The van der Waals surface area contributed by atoms with Crippen LogP contribution in [-0.2, 0) is 6.54 Å². The van der Waals surface area contributed by atoms with Crippen LogP contribution in [0.5, 0.6) is 0 Å². The van der Waals surface area contributed by atoms with Crippen LogP contribution in [0.4, 0.5) is 4.39 Å². The number of nitrogens with zero attached hydrogens (tertiary/aromatic N) is 2. The lowest BCUT2D eigenvalue weighted by Crippen LogP contribution is -2.30.